The van der Waals surface area contributed by atoms with Crippen LogP contribution in [0.3, 0.4) is 0 Å². The Bertz CT molecular complexity index is 1140. The summed E-state index contributed by atoms with van der Waals surface area (Å²) in [5.41, 5.74) is 0.582. The van der Waals surface area contributed by atoms with E-state index in [9.17, 15) is 23.1 Å². The van der Waals surface area contributed by atoms with Gasteiger partial charge in [0.05, 0.1) is 5.69 Å². The quantitative estimate of drug-likeness (QED) is 0.404. The molecule has 11 nitrogen and oxygen atoms in total. The number of carbonyl (C=O) groups excluding carboxylic acids is 1. The molecule has 1 aromatic carbocycles. The van der Waals surface area contributed by atoms with Crippen LogP contribution in [0.1, 0.15) is 32.8 Å². The zero-order chi connectivity index (χ0) is 22.8. The molecule has 0 atom stereocenters. The number of carbonyl (C=O) groups is 1. The van der Waals surface area contributed by atoms with Gasteiger partial charge in [-0.05, 0) is 30.4 Å². The zero-order valence-electron chi connectivity index (χ0n) is 17.5. The van der Waals surface area contributed by atoms with E-state index in [1.165, 1.54) is 12.1 Å². The molecule has 2 aromatic rings. The van der Waals surface area contributed by atoms with Crippen LogP contribution < -0.4 is 25.2 Å². The number of hydrogen-bond donors (Lipinski definition) is 5. The molecule has 1 saturated heterocycles. The number of aryl methyl sites for hydroxylation is 1. The normalized spacial score (nSPS) is 15.2. The number of aromatic hydroxyl groups is 1. The molecule has 168 valence electrons. The maximum atomic E-state index is 12.2. The highest BCUT2D eigenvalue weighted by atomic mass is 32.2. The van der Waals surface area contributed by atoms with Crippen molar-refractivity contribution in [3.05, 3.63) is 34.1 Å². The highest BCUT2D eigenvalue weighted by Gasteiger charge is 2.36. The van der Waals surface area contributed by atoms with Crippen molar-refractivity contribution in [3.8, 4) is 5.75 Å². The van der Waals surface area contributed by atoms with E-state index < -0.39 is 22.7 Å². The largest absolute Gasteiger partial charge is 0.506 e. The molecular formula is C19H26N6O5S. The van der Waals surface area contributed by atoms with E-state index in [1.807, 2.05) is 4.72 Å². The predicted octanol–water partition coefficient (Wildman–Crippen LogP) is 1.42. The number of nitrogens with zero attached hydrogens (tertiary/aromatic N) is 2. The third-order valence-corrected chi connectivity index (χ3v) is 6.03. The summed E-state index contributed by atoms with van der Waals surface area (Å²) in [5, 5.41) is 16.6. The van der Waals surface area contributed by atoms with Crippen LogP contribution in [0.5, 0.6) is 5.75 Å². The molecule has 0 aliphatic carbocycles. The first kappa shape index (κ1) is 22.4. The third-order valence-electron chi connectivity index (χ3n) is 4.65. The highest BCUT2D eigenvalue weighted by Crippen LogP contribution is 2.37. The van der Waals surface area contributed by atoms with Gasteiger partial charge < -0.3 is 15.7 Å². The molecule has 0 bridgehead atoms. The van der Waals surface area contributed by atoms with Crippen molar-refractivity contribution in [1.82, 2.24) is 14.7 Å². The van der Waals surface area contributed by atoms with E-state index in [0.717, 1.165) is 10.7 Å². The number of nitrogens with one attached hydrogen (secondary N) is 4. The Hall–Kier alpha value is -3.28. The van der Waals surface area contributed by atoms with E-state index in [1.54, 1.807) is 13.0 Å². The number of aromatic nitrogens is 2. The average molecular weight is 451 g/mol. The maximum Gasteiger partial charge on any atom is 0.326 e. The zero-order valence-corrected chi connectivity index (χ0v) is 18.3. The Morgan fingerprint density at radius 3 is 2.61 bits per heavy atom. The molecule has 3 rings (SSSR count). The van der Waals surface area contributed by atoms with Gasteiger partial charge in [0.25, 0.3) is 11.5 Å². The Labute approximate surface area is 180 Å². The average Bonchev–Trinajstić information content (AvgIpc) is 2.92. The molecule has 31 heavy (non-hydrogen) atoms. The van der Waals surface area contributed by atoms with Gasteiger partial charge in [-0.2, -0.15) is 13.4 Å². The van der Waals surface area contributed by atoms with Crippen LogP contribution in [0.25, 0.3) is 0 Å². The lowest BCUT2D eigenvalue weighted by Crippen LogP contribution is -2.30. The Morgan fingerprint density at radius 2 is 2.00 bits per heavy atom. The second-order valence-corrected chi connectivity index (χ2v) is 9.20. The van der Waals surface area contributed by atoms with Gasteiger partial charge in [0.1, 0.15) is 18.1 Å². The number of phenolic OH excluding ortho intramolecular Hbond substituents is 1. The molecule has 1 aliphatic rings. The lowest BCUT2D eigenvalue weighted by Gasteiger charge is -2.21. The summed E-state index contributed by atoms with van der Waals surface area (Å²) < 4.78 is 27.1. The Balaban J connectivity index is 1.88. The molecule has 0 spiro atoms. The van der Waals surface area contributed by atoms with E-state index in [0.29, 0.717) is 36.0 Å². The molecule has 1 fully saturated rings. The van der Waals surface area contributed by atoms with Crippen LogP contribution in [0, 0.1) is 5.92 Å². The SMILES string of the molecule is CCc1cc(Nc2nc(NCCC(C)C)cc(=O)[nH]2)cc(O)c1N1CC(=O)NS1(=O)=O. The molecule has 12 heteroatoms. The number of anilines is 4. The molecule has 0 unspecified atom stereocenters. The predicted molar refractivity (Wildman–Crippen MR) is 118 cm³/mol. The standard InChI is InChI=1S/C19H26N6O5S/c1-4-12-7-13(8-14(26)18(12)25-10-17(28)24-31(25,29)30)21-19-22-15(9-16(27)23-19)20-6-5-11(2)3/h7-9,11,26H,4-6,10H2,1-3H3,(H,24,28)(H3,20,21,22,23,27). The number of H-pyrrole nitrogens is 1. The van der Waals surface area contributed by atoms with Crippen molar-refractivity contribution in [2.45, 2.75) is 33.6 Å². The minimum absolute atomic E-state index is 0.0388. The Kier molecular flexibility index (Phi) is 6.39. The van der Waals surface area contributed by atoms with Crippen molar-refractivity contribution in [3.63, 3.8) is 0 Å². The minimum atomic E-state index is -4.06. The fraction of sp³-hybridized carbons (Fsp3) is 0.421. The molecule has 1 aliphatic heterocycles. The second-order valence-electron chi connectivity index (χ2n) is 7.61. The summed E-state index contributed by atoms with van der Waals surface area (Å²) in [4.78, 5) is 30.4. The molecule has 5 N–H and O–H groups in total. The molecule has 1 amide bonds. The van der Waals surface area contributed by atoms with Crippen molar-refractivity contribution in [2.75, 3.05) is 28.0 Å². The van der Waals surface area contributed by atoms with Gasteiger partial charge in [0.15, 0.2) is 0 Å². The first-order chi connectivity index (χ1) is 14.6. The summed E-state index contributed by atoms with van der Waals surface area (Å²) in [7, 11) is -4.06. The molecular weight excluding hydrogens is 424 g/mol. The van der Waals surface area contributed by atoms with Crippen molar-refractivity contribution < 1.29 is 18.3 Å². The van der Waals surface area contributed by atoms with Crippen LogP contribution in [0.4, 0.5) is 23.1 Å². The van der Waals surface area contributed by atoms with Crippen LogP contribution in [0.15, 0.2) is 23.0 Å². The van der Waals surface area contributed by atoms with E-state index in [-0.39, 0.29) is 22.9 Å². The summed E-state index contributed by atoms with van der Waals surface area (Å²) >= 11 is 0. The fourth-order valence-corrected chi connectivity index (χ4v) is 4.39. The van der Waals surface area contributed by atoms with Gasteiger partial charge in [-0.1, -0.05) is 20.8 Å². The third kappa shape index (κ3) is 5.26. The van der Waals surface area contributed by atoms with Gasteiger partial charge in [0.2, 0.25) is 5.95 Å². The van der Waals surface area contributed by atoms with Crippen molar-refractivity contribution >= 4 is 39.3 Å². The molecule has 1 aromatic heterocycles. The number of benzene rings is 1. The highest BCUT2D eigenvalue weighted by molar-refractivity contribution is 7.92. The summed E-state index contributed by atoms with van der Waals surface area (Å²) in [6.45, 7) is 6.25. The van der Waals surface area contributed by atoms with Crippen molar-refractivity contribution in [1.29, 1.82) is 0 Å². The topological polar surface area (TPSA) is 157 Å². The van der Waals surface area contributed by atoms with Gasteiger partial charge in [-0.25, -0.2) is 9.03 Å². The van der Waals surface area contributed by atoms with Gasteiger partial charge >= 0.3 is 10.2 Å². The smallest absolute Gasteiger partial charge is 0.326 e. The van der Waals surface area contributed by atoms with Crippen LogP contribution in [-0.4, -0.2) is 42.5 Å². The monoisotopic (exact) mass is 450 g/mol. The first-order valence-electron chi connectivity index (χ1n) is 9.90. The van der Waals surface area contributed by atoms with E-state index >= 15 is 0 Å². The van der Waals surface area contributed by atoms with Crippen LogP contribution in [0.2, 0.25) is 0 Å². The number of phenols is 1. The summed E-state index contributed by atoms with van der Waals surface area (Å²) in [6, 6.07) is 4.30. The van der Waals surface area contributed by atoms with Crippen LogP contribution >= 0.6 is 0 Å². The van der Waals surface area contributed by atoms with Gasteiger partial charge in [-0.15, -0.1) is 0 Å². The van der Waals surface area contributed by atoms with Gasteiger partial charge in [0, 0.05) is 24.4 Å². The van der Waals surface area contributed by atoms with Crippen LogP contribution in [-0.2, 0) is 21.4 Å². The number of aromatic amines is 1. The number of rotatable bonds is 8. The first-order valence-corrected chi connectivity index (χ1v) is 11.3. The molecule has 0 saturated carbocycles. The number of amides is 1. The lowest BCUT2D eigenvalue weighted by atomic mass is 10.1. The van der Waals surface area contributed by atoms with Gasteiger partial charge in [-0.3, -0.25) is 14.6 Å². The van der Waals surface area contributed by atoms with E-state index in [4.69, 9.17) is 0 Å². The molecule has 0 radical (unpaired) electrons. The lowest BCUT2D eigenvalue weighted by molar-refractivity contribution is -0.117. The summed E-state index contributed by atoms with van der Waals surface area (Å²) in [5.74, 6) is 0.0873. The fourth-order valence-electron chi connectivity index (χ4n) is 3.19. The maximum absolute atomic E-state index is 12.2. The second kappa shape index (κ2) is 8.84. The van der Waals surface area contributed by atoms with E-state index in [2.05, 4.69) is 34.4 Å². The molecule has 2 heterocycles. The van der Waals surface area contributed by atoms with Crippen molar-refractivity contribution in [2.24, 2.45) is 5.92 Å². The minimum Gasteiger partial charge on any atom is -0.506 e. The number of hydrogen-bond acceptors (Lipinski definition) is 8. The summed E-state index contributed by atoms with van der Waals surface area (Å²) in [6.07, 6.45) is 1.31. The Morgan fingerprint density at radius 1 is 1.26 bits per heavy atom.